The summed E-state index contributed by atoms with van der Waals surface area (Å²) in [5.74, 6) is 0. The van der Waals surface area contributed by atoms with E-state index in [0.717, 1.165) is 44.6 Å². The number of hydrazine groups is 2. The molecule has 0 radical (unpaired) electrons. The van der Waals surface area contributed by atoms with E-state index >= 15 is 0 Å². The third-order valence-corrected chi connectivity index (χ3v) is 2.55. The van der Waals surface area contributed by atoms with Crippen LogP contribution in [0.25, 0.3) is 0 Å². The summed E-state index contributed by atoms with van der Waals surface area (Å²) >= 11 is 0. The lowest BCUT2D eigenvalue weighted by molar-refractivity contribution is 0.128. The van der Waals surface area contributed by atoms with Crippen LogP contribution in [-0.4, -0.2) is 38.0 Å². The number of hydrogen-bond donors (Lipinski definition) is 4. The molecule has 18 heavy (non-hydrogen) atoms. The SMILES string of the molecule is C=C(C)NN(CCCC(NC)NCC)NCCC. The first-order valence-corrected chi connectivity index (χ1v) is 6.97. The van der Waals surface area contributed by atoms with Gasteiger partial charge in [-0.15, -0.1) is 0 Å². The highest BCUT2D eigenvalue weighted by Crippen LogP contribution is 1.96. The van der Waals surface area contributed by atoms with Gasteiger partial charge in [-0.25, -0.2) is 5.43 Å². The van der Waals surface area contributed by atoms with E-state index in [4.69, 9.17) is 0 Å². The van der Waals surface area contributed by atoms with Crippen LogP contribution < -0.4 is 21.5 Å². The molecule has 0 aromatic rings. The summed E-state index contributed by atoms with van der Waals surface area (Å²) < 4.78 is 0. The first-order valence-electron chi connectivity index (χ1n) is 6.97. The lowest BCUT2D eigenvalue weighted by atomic mass is 10.2. The van der Waals surface area contributed by atoms with Crippen molar-refractivity contribution in [2.75, 3.05) is 26.7 Å². The second-order valence-electron chi connectivity index (χ2n) is 4.49. The highest BCUT2D eigenvalue weighted by atomic mass is 15.7. The van der Waals surface area contributed by atoms with Crippen LogP contribution in [0.1, 0.15) is 40.0 Å². The molecule has 5 heteroatoms. The second kappa shape index (κ2) is 11.5. The van der Waals surface area contributed by atoms with Crippen molar-refractivity contribution < 1.29 is 0 Å². The summed E-state index contributed by atoms with van der Waals surface area (Å²) in [6.45, 7) is 13.1. The Balaban J connectivity index is 3.89. The predicted octanol–water partition coefficient (Wildman–Crippen LogP) is 1.18. The smallest absolute Gasteiger partial charge is 0.0569 e. The van der Waals surface area contributed by atoms with E-state index in [9.17, 15) is 0 Å². The van der Waals surface area contributed by atoms with Crippen molar-refractivity contribution >= 4 is 0 Å². The van der Waals surface area contributed by atoms with Gasteiger partial charge in [0.05, 0.1) is 6.17 Å². The average Bonchev–Trinajstić information content (AvgIpc) is 2.33. The molecule has 0 aromatic heterocycles. The molecule has 1 unspecified atom stereocenters. The fourth-order valence-electron chi connectivity index (χ4n) is 1.70. The van der Waals surface area contributed by atoms with Crippen LogP contribution in [0.3, 0.4) is 0 Å². The second-order valence-corrected chi connectivity index (χ2v) is 4.49. The van der Waals surface area contributed by atoms with Gasteiger partial charge < -0.3 is 16.1 Å². The third-order valence-electron chi connectivity index (χ3n) is 2.55. The molecule has 0 aliphatic heterocycles. The quantitative estimate of drug-likeness (QED) is 0.312. The lowest BCUT2D eigenvalue weighted by Gasteiger charge is -2.26. The molecule has 0 heterocycles. The van der Waals surface area contributed by atoms with Gasteiger partial charge >= 0.3 is 0 Å². The summed E-state index contributed by atoms with van der Waals surface area (Å²) in [5, 5.41) is 8.71. The Morgan fingerprint density at radius 3 is 2.56 bits per heavy atom. The van der Waals surface area contributed by atoms with Crippen LogP contribution in [0.4, 0.5) is 0 Å². The van der Waals surface area contributed by atoms with Gasteiger partial charge in [0.2, 0.25) is 0 Å². The minimum Gasteiger partial charge on any atom is -0.311 e. The first-order chi connectivity index (χ1) is 8.63. The fourth-order valence-corrected chi connectivity index (χ4v) is 1.70. The zero-order chi connectivity index (χ0) is 13.8. The van der Waals surface area contributed by atoms with Crippen molar-refractivity contribution in [1.82, 2.24) is 26.6 Å². The van der Waals surface area contributed by atoms with Crippen molar-refractivity contribution in [2.24, 2.45) is 0 Å². The van der Waals surface area contributed by atoms with Gasteiger partial charge in [-0.05, 0) is 39.8 Å². The predicted molar refractivity (Wildman–Crippen MR) is 78.7 cm³/mol. The maximum absolute atomic E-state index is 3.87. The molecular weight excluding hydrogens is 226 g/mol. The maximum Gasteiger partial charge on any atom is 0.0569 e. The number of hydrogen-bond acceptors (Lipinski definition) is 5. The van der Waals surface area contributed by atoms with Gasteiger partial charge in [0, 0.05) is 18.8 Å². The Kier molecular flexibility index (Phi) is 11.1. The molecule has 0 saturated heterocycles. The van der Waals surface area contributed by atoms with E-state index in [0.29, 0.717) is 6.17 Å². The van der Waals surface area contributed by atoms with Crippen molar-refractivity contribution in [2.45, 2.75) is 46.2 Å². The maximum atomic E-state index is 3.87. The van der Waals surface area contributed by atoms with Crippen molar-refractivity contribution in [3.05, 3.63) is 12.3 Å². The van der Waals surface area contributed by atoms with Gasteiger partial charge in [0.25, 0.3) is 0 Å². The zero-order valence-electron chi connectivity index (χ0n) is 12.5. The van der Waals surface area contributed by atoms with Crippen LogP contribution >= 0.6 is 0 Å². The van der Waals surface area contributed by atoms with Gasteiger partial charge in [0.15, 0.2) is 0 Å². The minimum atomic E-state index is 0.396. The number of nitrogens with one attached hydrogen (secondary N) is 4. The van der Waals surface area contributed by atoms with E-state index in [1.165, 1.54) is 0 Å². The van der Waals surface area contributed by atoms with Gasteiger partial charge in [0.1, 0.15) is 0 Å². The fraction of sp³-hybridized carbons (Fsp3) is 0.846. The largest absolute Gasteiger partial charge is 0.311 e. The van der Waals surface area contributed by atoms with Crippen molar-refractivity contribution in [3.8, 4) is 0 Å². The molecule has 0 aliphatic carbocycles. The van der Waals surface area contributed by atoms with Crippen molar-refractivity contribution in [1.29, 1.82) is 0 Å². The normalized spacial score (nSPS) is 12.7. The average molecular weight is 257 g/mol. The summed E-state index contributed by atoms with van der Waals surface area (Å²) in [5.41, 5.74) is 7.52. The van der Waals surface area contributed by atoms with Crippen LogP contribution in [-0.2, 0) is 0 Å². The minimum absolute atomic E-state index is 0.396. The summed E-state index contributed by atoms with van der Waals surface area (Å²) in [6, 6.07) is 0. The molecule has 0 amide bonds. The summed E-state index contributed by atoms with van der Waals surface area (Å²) in [6.07, 6.45) is 3.72. The van der Waals surface area contributed by atoms with E-state index in [1.54, 1.807) is 0 Å². The molecule has 0 spiro atoms. The summed E-state index contributed by atoms with van der Waals surface area (Å²) in [7, 11) is 1.99. The zero-order valence-corrected chi connectivity index (χ0v) is 12.5. The van der Waals surface area contributed by atoms with Crippen LogP contribution in [0.5, 0.6) is 0 Å². The van der Waals surface area contributed by atoms with Crippen LogP contribution in [0, 0.1) is 0 Å². The van der Waals surface area contributed by atoms with Crippen LogP contribution in [0.2, 0.25) is 0 Å². The molecular formula is C13H31N5. The Labute approximate surface area is 112 Å². The molecule has 0 saturated carbocycles. The Morgan fingerprint density at radius 2 is 2.06 bits per heavy atom. The first kappa shape index (κ1) is 17.4. The Morgan fingerprint density at radius 1 is 1.33 bits per heavy atom. The topological polar surface area (TPSA) is 51.4 Å². The highest BCUT2D eigenvalue weighted by molar-refractivity contribution is 4.82. The van der Waals surface area contributed by atoms with Crippen LogP contribution in [0.15, 0.2) is 12.3 Å². The molecule has 108 valence electrons. The number of allylic oxidation sites excluding steroid dienone is 1. The van der Waals surface area contributed by atoms with E-state index < -0.39 is 0 Å². The molecule has 1 atom stereocenters. The molecule has 5 nitrogen and oxygen atoms in total. The summed E-state index contributed by atoms with van der Waals surface area (Å²) in [4.78, 5) is 0. The van der Waals surface area contributed by atoms with E-state index in [1.807, 2.05) is 19.1 Å². The molecule has 0 bridgehead atoms. The monoisotopic (exact) mass is 257 g/mol. The Bertz CT molecular complexity index is 208. The molecule has 4 N–H and O–H groups in total. The number of nitrogens with zero attached hydrogens (tertiary/aromatic N) is 1. The highest BCUT2D eigenvalue weighted by Gasteiger charge is 2.06. The molecule has 0 aliphatic rings. The van der Waals surface area contributed by atoms with Gasteiger partial charge in [-0.3, -0.25) is 0 Å². The number of rotatable bonds is 12. The molecule has 0 fully saturated rings. The standard InChI is InChI=1S/C13H31N5/c1-6-10-16-18(17-12(3)4)11-8-9-13(14-5)15-7-2/h13-17H,3,6-11H2,1-2,4-5H3. The van der Waals surface area contributed by atoms with E-state index in [2.05, 4.69) is 41.9 Å². The Hall–Kier alpha value is -0.620. The van der Waals surface area contributed by atoms with Gasteiger partial charge in [-0.2, -0.15) is 5.12 Å². The third kappa shape index (κ3) is 9.41. The van der Waals surface area contributed by atoms with E-state index in [-0.39, 0.29) is 0 Å². The van der Waals surface area contributed by atoms with Gasteiger partial charge in [-0.1, -0.05) is 20.4 Å². The molecule has 0 rings (SSSR count). The lowest BCUT2D eigenvalue weighted by Crippen LogP contribution is -2.48. The molecule has 0 aromatic carbocycles. The van der Waals surface area contributed by atoms with Crippen molar-refractivity contribution in [3.63, 3.8) is 0 Å².